The molecular formula is C12H13N3O2. The summed E-state index contributed by atoms with van der Waals surface area (Å²) in [6, 6.07) is 7.37. The van der Waals surface area contributed by atoms with Crippen molar-refractivity contribution in [1.82, 2.24) is 5.32 Å². The average Bonchev–Trinajstić information content (AvgIpc) is 2.55. The summed E-state index contributed by atoms with van der Waals surface area (Å²) in [7, 11) is 0. The van der Waals surface area contributed by atoms with Gasteiger partial charge in [-0.1, -0.05) is 0 Å². The number of guanidine groups is 1. The molecule has 0 saturated carbocycles. The SMILES string of the molecule is CC(=O)NC(N)=Nc1ccc2oc(C)cc2c1. The first-order valence-corrected chi connectivity index (χ1v) is 5.16. The number of benzene rings is 1. The van der Waals surface area contributed by atoms with Crippen molar-refractivity contribution in [1.29, 1.82) is 0 Å². The van der Waals surface area contributed by atoms with Gasteiger partial charge in [-0.25, -0.2) is 4.99 Å². The fourth-order valence-electron chi connectivity index (χ4n) is 1.58. The molecular weight excluding hydrogens is 218 g/mol. The van der Waals surface area contributed by atoms with Crippen LogP contribution in [0.3, 0.4) is 0 Å². The molecule has 5 nitrogen and oxygen atoms in total. The van der Waals surface area contributed by atoms with E-state index in [0.29, 0.717) is 5.69 Å². The monoisotopic (exact) mass is 231 g/mol. The molecule has 17 heavy (non-hydrogen) atoms. The number of hydrogen-bond acceptors (Lipinski definition) is 3. The van der Waals surface area contributed by atoms with Gasteiger partial charge in [0.1, 0.15) is 11.3 Å². The molecule has 0 spiro atoms. The van der Waals surface area contributed by atoms with Crippen LogP contribution in [-0.4, -0.2) is 11.9 Å². The molecule has 0 bridgehead atoms. The molecule has 0 unspecified atom stereocenters. The molecule has 1 aromatic carbocycles. The first kappa shape index (κ1) is 11.2. The van der Waals surface area contributed by atoms with E-state index in [1.165, 1.54) is 6.92 Å². The van der Waals surface area contributed by atoms with E-state index in [2.05, 4.69) is 10.3 Å². The predicted octanol–water partition coefficient (Wildman–Crippen LogP) is 1.82. The van der Waals surface area contributed by atoms with Crippen molar-refractivity contribution < 1.29 is 9.21 Å². The summed E-state index contributed by atoms with van der Waals surface area (Å²) in [5, 5.41) is 3.37. The summed E-state index contributed by atoms with van der Waals surface area (Å²) >= 11 is 0. The zero-order valence-corrected chi connectivity index (χ0v) is 9.65. The average molecular weight is 231 g/mol. The third-order valence-electron chi connectivity index (χ3n) is 2.18. The molecule has 5 heteroatoms. The van der Waals surface area contributed by atoms with E-state index in [0.717, 1.165) is 16.7 Å². The van der Waals surface area contributed by atoms with E-state index in [4.69, 9.17) is 10.2 Å². The molecule has 0 fully saturated rings. The Morgan fingerprint density at radius 3 is 2.88 bits per heavy atom. The van der Waals surface area contributed by atoms with Gasteiger partial charge in [0.25, 0.3) is 0 Å². The second-order valence-corrected chi connectivity index (χ2v) is 3.76. The van der Waals surface area contributed by atoms with E-state index in [1.54, 1.807) is 6.07 Å². The summed E-state index contributed by atoms with van der Waals surface area (Å²) in [5.41, 5.74) is 7.03. The fraction of sp³-hybridized carbons (Fsp3) is 0.167. The van der Waals surface area contributed by atoms with Crippen LogP contribution in [0.1, 0.15) is 12.7 Å². The van der Waals surface area contributed by atoms with Gasteiger partial charge in [0.05, 0.1) is 5.69 Å². The highest BCUT2D eigenvalue weighted by Crippen LogP contribution is 2.23. The first-order chi connectivity index (χ1) is 8.04. The highest BCUT2D eigenvalue weighted by atomic mass is 16.3. The maximum Gasteiger partial charge on any atom is 0.223 e. The molecule has 0 aliphatic heterocycles. The number of aryl methyl sites for hydroxylation is 1. The lowest BCUT2D eigenvalue weighted by atomic mass is 10.2. The number of amides is 1. The summed E-state index contributed by atoms with van der Waals surface area (Å²) < 4.78 is 5.44. The Kier molecular flexibility index (Phi) is 2.82. The Morgan fingerprint density at radius 1 is 1.41 bits per heavy atom. The lowest BCUT2D eigenvalue weighted by molar-refractivity contribution is -0.117. The number of carbonyl (C=O) groups excluding carboxylic acids is 1. The molecule has 88 valence electrons. The van der Waals surface area contributed by atoms with Crippen LogP contribution in [0.5, 0.6) is 0 Å². The number of aliphatic imine (C=N–C) groups is 1. The van der Waals surface area contributed by atoms with Crippen molar-refractivity contribution in [2.75, 3.05) is 0 Å². The topological polar surface area (TPSA) is 80.6 Å². The Bertz CT molecular complexity index is 599. The standard InChI is InChI=1S/C12H13N3O2/c1-7-5-9-6-10(3-4-11(9)17-7)15-12(13)14-8(2)16/h3-6H,1-2H3,(H3,13,14,15,16). The van der Waals surface area contributed by atoms with Gasteiger partial charge in [-0.05, 0) is 31.2 Å². The summed E-state index contributed by atoms with van der Waals surface area (Å²) in [6.07, 6.45) is 0. The van der Waals surface area contributed by atoms with Crippen LogP contribution in [-0.2, 0) is 4.79 Å². The fourth-order valence-corrected chi connectivity index (χ4v) is 1.58. The van der Waals surface area contributed by atoms with E-state index < -0.39 is 0 Å². The van der Waals surface area contributed by atoms with Crippen LogP contribution < -0.4 is 11.1 Å². The minimum Gasteiger partial charge on any atom is -0.461 e. The van der Waals surface area contributed by atoms with Gasteiger partial charge >= 0.3 is 0 Å². The van der Waals surface area contributed by atoms with Crippen LogP contribution in [0.4, 0.5) is 5.69 Å². The second kappa shape index (κ2) is 4.29. The Morgan fingerprint density at radius 2 is 2.18 bits per heavy atom. The van der Waals surface area contributed by atoms with Crippen molar-refractivity contribution in [3.05, 3.63) is 30.0 Å². The Hall–Kier alpha value is -2.30. The van der Waals surface area contributed by atoms with Crippen LogP contribution in [0.15, 0.2) is 33.7 Å². The second-order valence-electron chi connectivity index (χ2n) is 3.76. The quantitative estimate of drug-likeness (QED) is 0.580. The lowest BCUT2D eigenvalue weighted by Gasteiger charge is -2.00. The molecule has 0 atom stereocenters. The number of furan rings is 1. The largest absolute Gasteiger partial charge is 0.461 e. The highest BCUT2D eigenvalue weighted by molar-refractivity contribution is 5.96. The molecule has 2 aromatic rings. The van der Waals surface area contributed by atoms with E-state index in [9.17, 15) is 4.79 Å². The van der Waals surface area contributed by atoms with Crippen LogP contribution in [0.2, 0.25) is 0 Å². The normalized spacial score (nSPS) is 11.8. The lowest BCUT2D eigenvalue weighted by Crippen LogP contribution is -2.34. The predicted molar refractivity (Wildman–Crippen MR) is 66.1 cm³/mol. The van der Waals surface area contributed by atoms with Crippen molar-refractivity contribution in [2.24, 2.45) is 10.7 Å². The van der Waals surface area contributed by atoms with Gasteiger partial charge in [-0.3, -0.25) is 10.1 Å². The molecule has 0 saturated heterocycles. The maximum absolute atomic E-state index is 10.8. The number of nitrogens with two attached hydrogens (primary N) is 1. The summed E-state index contributed by atoms with van der Waals surface area (Å²) in [6.45, 7) is 3.26. The number of nitrogens with zero attached hydrogens (tertiary/aromatic N) is 1. The number of rotatable bonds is 1. The van der Waals surface area contributed by atoms with Crippen LogP contribution >= 0.6 is 0 Å². The maximum atomic E-state index is 10.8. The first-order valence-electron chi connectivity index (χ1n) is 5.16. The molecule has 1 heterocycles. The number of hydrogen-bond donors (Lipinski definition) is 2. The van der Waals surface area contributed by atoms with E-state index in [1.807, 2.05) is 25.1 Å². The minimum absolute atomic E-state index is 0.0806. The van der Waals surface area contributed by atoms with Gasteiger partial charge in [0, 0.05) is 12.3 Å². The van der Waals surface area contributed by atoms with Crippen molar-refractivity contribution in [2.45, 2.75) is 13.8 Å². The molecule has 1 aromatic heterocycles. The van der Waals surface area contributed by atoms with Crippen molar-refractivity contribution in [3.8, 4) is 0 Å². The molecule has 0 radical (unpaired) electrons. The van der Waals surface area contributed by atoms with Gasteiger partial charge in [0.2, 0.25) is 11.9 Å². The van der Waals surface area contributed by atoms with Crippen LogP contribution in [0, 0.1) is 6.92 Å². The Labute approximate surface area is 98.3 Å². The smallest absolute Gasteiger partial charge is 0.223 e. The molecule has 0 aliphatic carbocycles. The number of nitrogens with one attached hydrogen (secondary N) is 1. The van der Waals surface area contributed by atoms with E-state index >= 15 is 0 Å². The molecule has 3 N–H and O–H groups in total. The van der Waals surface area contributed by atoms with Crippen LogP contribution in [0.25, 0.3) is 11.0 Å². The number of carbonyl (C=O) groups is 1. The van der Waals surface area contributed by atoms with Gasteiger partial charge < -0.3 is 10.2 Å². The van der Waals surface area contributed by atoms with E-state index in [-0.39, 0.29) is 11.9 Å². The molecule has 2 rings (SSSR count). The van der Waals surface area contributed by atoms with Crippen molar-refractivity contribution in [3.63, 3.8) is 0 Å². The Balaban J connectivity index is 2.33. The zero-order valence-electron chi connectivity index (χ0n) is 9.65. The van der Waals surface area contributed by atoms with Crippen molar-refractivity contribution >= 4 is 28.5 Å². The molecule has 1 amide bonds. The van der Waals surface area contributed by atoms with Gasteiger partial charge in [-0.2, -0.15) is 0 Å². The third kappa shape index (κ3) is 2.63. The number of fused-ring (bicyclic) bond motifs is 1. The summed E-state index contributed by atoms with van der Waals surface area (Å²) in [4.78, 5) is 14.9. The van der Waals surface area contributed by atoms with Gasteiger partial charge in [0.15, 0.2) is 0 Å². The molecule has 0 aliphatic rings. The highest BCUT2D eigenvalue weighted by Gasteiger charge is 2.02. The zero-order chi connectivity index (χ0) is 12.4. The summed E-state index contributed by atoms with van der Waals surface area (Å²) in [5.74, 6) is 0.680. The third-order valence-corrected chi connectivity index (χ3v) is 2.18. The minimum atomic E-state index is -0.244. The van der Waals surface area contributed by atoms with Gasteiger partial charge in [-0.15, -0.1) is 0 Å².